The number of thioether (sulfide) groups is 1. The summed E-state index contributed by atoms with van der Waals surface area (Å²) in [6, 6.07) is 2.55. The van der Waals surface area contributed by atoms with Crippen molar-refractivity contribution in [1.82, 2.24) is 10.2 Å². The molecule has 2 aliphatic heterocycles. The average molecular weight is 270 g/mol. The molecule has 0 spiro atoms. The molecule has 2 aliphatic rings. The van der Waals surface area contributed by atoms with Gasteiger partial charge in [0, 0.05) is 18.1 Å². The highest BCUT2D eigenvalue weighted by Crippen LogP contribution is 2.34. The van der Waals surface area contributed by atoms with E-state index in [0.29, 0.717) is 0 Å². The van der Waals surface area contributed by atoms with Crippen LogP contribution < -0.4 is 5.32 Å². The Morgan fingerprint density at radius 2 is 1.83 bits per heavy atom. The summed E-state index contributed by atoms with van der Waals surface area (Å²) < 4.78 is 0. The number of unbranched alkanes of at least 4 members (excludes halogenated alkanes) is 2. The smallest absolute Gasteiger partial charge is 0.0113 e. The quantitative estimate of drug-likeness (QED) is 0.716. The molecule has 0 radical (unpaired) electrons. The summed E-state index contributed by atoms with van der Waals surface area (Å²) >= 11 is 1.99. The maximum Gasteiger partial charge on any atom is 0.0113 e. The topological polar surface area (TPSA) is 15.3 Å². The lowest BCUT2D eigenvalue weighted by atomic mass is 9.81. The van der Waals surface area contributed by atoms with E-state index in [1.54, 1.807) is 0 Å². The Morgan fingerprint density at radius 3 is 2.44 bits per heavy atom. The summed E-state index contributed by atoms with van der Waals surface area (Å²) in [5.74, 6) is 1.34. The lowest BCUT2D eigenvalue weighted by molar-refractivity contribution is 0.0248. The van der Waals surface area contributed by atoms with Gasteiger partial charge < -0.3 is 5.32 Å². The van der Waals surface area contributed by atoms with Gasteiger partial charge in [0.05, 0.1) is 0 Å². The normalized spacial score (nSPS) is 32.7. The third kappa shape index (κ3) is 3.88. The van der Waals surface area contributed by atoms with E-state index in [9.17, 15) is 0 Å². The molecule has 3 heteroatoms. The number of fused-ring (bicyclic) bond motifs is 2. The molecule has 0 aliphatic carbocycles. The van der Waals surface area contributed by atoms with Crippen LogP contribution in [0, 0.1) is 0 Å². The van der Waals surface area contributed by atoms with Gasteiger partial charge in [-0.2, -0.15) is 11.8 Å². The molecule has 2 bridgehead atoms. The molecular formula is C15H30N2S. The predicted octanol–water partition coefficient (Wildman–Crippen LogP) is 3.12. The Kier molecular flexibility index (Phi) is 6.33. The molecular weight excluding hydrogens is 240 g/mol. The first-order valence-electron chi connectivity index (χ1n) is 7.77. The van der Waals surface area contributed by atoms with Crippen molar-refractivity contribution in [2.24, 2.45) is 0 Å². The van der Waals surface area contributed by atoms with Gasteiger partial charge >= 0.3 is 0 Å². The maximum absolute atomic E-state index is 3.51. The van der Waals surface area contributed by atoms with Crippen LogP contribution in [-0.4, -0.2) is 48.6 Å². The van der Waals surface area contributed by atoms with Gasteiger partial charge in [-0.25, -0.2) is 0 Å². The van der Waals surface area contributed by atoms with Crippen LogP contribution in [0.1, 0.15) is 51.4 Å². The molecule has 1 N–H and O–H groups in total. The van der Waals surface area contributed by atoms with Crippen molar-refractivity contribution in [1.29, 1.82) is 0 Å². The van der Waals surface area contributed by atoms with Crippen molar-refractivity contribution < 1.29 is 0 Å². The van der Waals surface area contributed by atoms with E-state index in [1.165, 1.54) is 63.7 Å². The molecule has 2 heterocycles. The SMILES string of the molecule is CNC1CC2CCCC(C1)N2CCCCCSC. The highest BCUT2D eigenvalue weighted by molar-refractivity contribution is 7.98. The van der Waals surface area contributed by atoms with Gasteiger partial charge in [0.1, 0.15) is 0 Å². The Hall–Kier alpha value is 0.270. The average Bonchev–Trinajstić information content (AvgIpc) is 2.37. The van der Waals surface area contributed by atoms with E-state index in [2.05, 4.69) is 23.5 Å². The van der Waals surface area contributed by atoms with E-state index in [0.717, 1.165) is 18.1 Å². The van der Waals surface area contributed by atoms with E-state index in [4.69, 9.17) is 0 Å². The Balaban J connectivity index is 1.74. The maximum atomic E-state index is 3.51. The second-order valence-corrected chi connectivity index (χ2v) is 6.97. The van der Waals surface area contributed by atoms with Gasteiger partial charge in [0.2, 0.25) is 0 Å². The zero-order chi connectivity index (χ0) is 12.8. The zero-order valence-electron chi connectivity index (χ0n) is 12.2. The molecule has 106 valence electrons. The molecule has 2 fully saturated rings. The zero-order valence-corrected chi connectivity index (χ0v) is 13.0. The molecule has 0 aromatic heterocycles. The van der Waals surface area contributed by atoms with Crippen LogP contribution in [0.2, 0.25) is 0 Å². The highest BCUT2D eigenvalue weighted by atomic mass is 32.2. The summed E-state index contributed by atoms with van der Waals surface area (Å²) in [4.78, 5) is 2.86. The summed E-state index contributed by atoms with van der Waals surface area (Å²) in [5.41, 5.74) is 0. The molecule has 18 heavy (non-hydrogen) atoms. The van der Waals surface area contributed by atoms with Crippen molar-refractivity contribution in [3.8, 4) is 0 Å². The van der Waals surface area contributed by atoms with Gasteiger partial charge in [-0.15, -0.1) is 0 Å². The minimum atomic E-state index is 0.785. The van der Waals surface area contributed by atoms with Crippen LogP contribution >= 0.6 is 11.8 Å². The summed E-state index contributed by atoms with van der Waals surface area (Å²) in [5, 5.41) is 3.51. The summed E-state index contributed by atoms with van der Waals surface area (Å²) in [6.45, 7) is 1.36. The van der Waals surface area contributed by atoms with Crippen molar-refractivity contribution >= 4 is 11.8 Å². The van der Waals surface area contributed by atoms with Gasteiger partial charge in [0.15, 0.2) is 0 Å². The molecule has 2 nitrogen and oxygen atoms in total. The lowest BCUT2D eigenvalue weighted by Gasteiger charge is -2.49. The minimum Gasteiger partial charge on any atom is -0.317 e. The second kappa shape index (κ2) is 7.76. The minimum absolute atomic E-state index is 0.785. The fourth-order valence-electron chi connectivity index (χ4n) is 3.80. The summed E-state index contributed by atoms with van der Waals surface area (Å²) in [6.07, 6.45) is 13.6. The largest absolute Gasteiger partial charge is 0.317 e. The fraction of sp³-hybridized carbons (Fsp3) is 1.00. The van der Waals surface area contributed by atoms with Crippen LogP contribution in [0.15, 0.2) is 0 Å². The highest BCUT2D eigenvalue weighted by Gasteiger charge is 2.36. The van der Waals surface area contributed by atoms with E-state index < -0.39 is 0 Å². The number of nitrogens with zero attached hydrogens (tertiary/aromatic N) is 1. The molecule has 2 unspecified atom stereocenters. The number of hydrogen-bond donors (Lipinski definition) is 1. The molecule has 2 atom stereocenters. The van der Waals surface area contributed by atoms with Crippen LogP contribution in [0.25, 0.3) is 0 Å². The number of rotatable bonds is 7. The molecule has 0 saturated carbocycles. The third-order valence-corrected chi connectivity index (χ3v) is 5.50. The lowest BCUT2D eigenvalue weighted by Crippen LogP contribution is -2.55. The van der Waals surface area contributed by atoms with E-state index >= 15 is 0 Å². The number of nitrogens with one attached hydrogen (secondary N) is 1. The Labute approximate surface area is 117 Å². The van der Waals surface area contributed by atoms with Crippen LogP contribution in [0.3, 0.4) is 0 Å². The van der Waals surface area contributed by atoms with Crippen LogP contribution in [0.5, 0.6) is 0 Å². The monoisotopic (exact) mass is 270 g/mol. The first-order valence-corrected chi connectivity index (χ1v) is 9.16. The van der Waals surface area contributed by atoms with Crippen molar-refractivity contribution in [2.45, 2.75) is 69.5 Å². The third-order valence-electron chi connectivity index (χ3n) is 4.80. The van der Waals surface area contributed by atoms with Crippen LogP contribution in [0.4, 0.5) is 0 Å². The Bertz CT molecular complexity index is 221. The van der Waals surface area contributed by atoms with Gasteiger partial charge in [0.25, 0.3) is 0 Å². The van der Waals surface area contributed by atoms with E-state index in [-0.39, 0.29) is 0 Å². The van der Waals surface area contributed by atoms with E-state index in [1.807, 2.05) is 11.8 Å². The Morgan fingerprint density at radius 1 is 1.11 bits per heavy atom. The predicted molar refractivity (Wildman–Crippen MR) is 82.4 cm³/mol. The van der Waals surface area contributed by atoms with Gasteiger partial charge in [-0.05, 0) is 64.1 Å². The van der Waals surface area contributed by atoms with Gasteiger partial charge in [-0.1, -0.05) is 12.8 Å². The van der Waals surface area contributed by atoms with Crippen molar-refractivity contribution in [2.75, 3.05) is 25.6 Å². The molecule has 0 amide bonds. The van der Waals surface area contributed by atoms with Gasteiger partial charge in [-0.3, -0.25) is 4.90 Å². The van der Waals surface area contributed by atoms with Crippen molar-refractivity contribution in [3.63, 3.8) is 0 Å². The molecule has 2 saturated heterocycles. The first kappa shape index (κ1) is 14.7. The van der Waals surface area contributed by atoms with Crippen molar-refractivity contribution in [3.05, 3.63) is 0 Å². The van der Waals surface area contributed by atoms with Crippen LogP contribution in [-0.2, 0) is 0 Å². The fourth-order valence-corrected chi connectivity index (χ4v) is 4.29. The second-order valence-electron chi connectivity index (χ2n) is 5.99. The standard InChI is InChI=1S/C15H30N2S/c1-16-13-11-14-7-6-8-15(12-13)17(14)9-4-3-5-10-18-2/h13-16H,3-12H2,1-2H3. The number of hydrogen-bond acceptors (Lipinski definition) is 3. The summed E-state index contributed by atoms with van der Waals surface area (Å²) in [7, 11) is 2.14. The molecule has 0 aromatic carbocycles. The number of piperidine rings is 2. The molecule has 2 rings (SSSR count). The molecule has 0 aromatic rings. The first-order chi connectivity index (χ1) is 8.85.